The lowest BCUT2D eigenvalue weighted by atomic mass is 10.2. The van der Waals surface area contributed by atoms with Crippen LogP contribution in [0.4, 0.5) is 0 Å². The quantitative estimate of drug-likeness (QED) is 0.768. The molecule has 0 heterocycles. The normalized spacial score (nSPS) is 12.2. The predicted octanol–water partition coefficient (Wildman–Crippen LogP) is 4.42. The van der Waals surface area contributed by atoms with E-state index in [9.17, 15) is 0 Å². The third-order valence-electron chi connectivity index (χ3n) is 2.29. The summed E-state index contributed by atoms with van der Waals surface area (Å²) in [5, 5.41) is 3.41. The molecule has 0 atom stereocenters. The predicted molar refractivity (Wildman–Crippen MR) is 78.8 cm³/mol. The average molecular weight is 270 g/mol. The van der Waals surface area contributed by atoms with Crippen LogP contribution in [-0.2, 0) is 6.54 Å². The highest BCUT2D eigenvalue weighted by molar-refractivity contribution is 7.99. The van der Waals surface area contributed by atoms with Gasteiger partial charge in [-0.05, 0) is 24.6 Å². The Morgan fingerprint density at radius 2 is 2.00 bits per heavy atom. The van der Waals surface area contributed by atoms with Crippen LogP contribution in [0, 0.1) is 0 Å². The van der Waals surface area contributed by atoms with Gasteiger partial charge in [-0.1, -0.05) is 43.2 Å². The van der Waals surface area contributed by atoms with E-state index in [2.05, 4.69) is 43.4 Å². The van der Waals surface area contributed by atoms with Crippen LogP contribution in [-0.4, -0.2) is 11.8 Å². The highest BCUT2D eigenvalue weighted by Crippen LogP contribution is 2.21. The van der Waals surface area contributed by atoms with E-state index in [0.717, 1.165) is 12.3 Å². The molecule has 0 spiro atoms. The second-order valence-electron chi connectivity index (χ2n) is 4.42. The van der Waals surface area contributed by atoms with Gasteiger partial charge in [0.15, 0.2) is 0 Å². The first-order valence-corrected chi connectivity index (χ1v) is 7.25. The first-order chi connectivity index (χ1) is 8.11. The van der Waals surface area contributed by atoms with E-state index in [0.29, 0.717) is 6.04 Å². The zero-order valence-electron chi connectivity index (χ0n) is 10.7. The molecule has 1 rings (SSSR count). The van der Waals surface area contributed by atoms with E-state index < -0.39 is 0 Å². The van der Waals surface area contributed by atoms with Crippen LogP contribution < -0.4 is 5.32 Å². The summed E-state index contributed by atoms with van der Waals surface area (Å²) in [6.07, 6.45) is 0. The van der Waals surface area contributed by atoms with Gasteiger partial charge in [0.25, 0.3) is 0 Å². The second kappa shape index (κ2) is 7.80. The maximum atomic E-state index is 5.63. The molecule has 94 valence electrons. The van der Waals surface area contributed by atoms with Gasteiger partial charge in [-0.3, -0.25) is 0 Å². The fraction of sp³-hybridized carbons (Fsp3) is 0.429. The maximum absolute atomic E-state index is 5.63. The van der Waals surface area contributed by atoms with Crippen LogP contribution in [0.3, 0.4) is 0 Å². The van der Waals surface area contributed by atoms with E-state index in [1.54, 1.807) is 5.54 Å². The van der Waals surface area contributed by atoms with Crippen LogP contribution in [0.1, 0.15) is 26.3 Å². The number of nitrogens with one attached hydrogen (secondary N) is 1. The number of halogens is 1. The summed E-state index contributed by atoms with van der Waals surface area (Å²) in [6, 6.07) is 9.22. The first-order valence-electron chi connectivity index (χ1n) is 5.83. The Kier molecular flexibility index (Phi) is 6.71. The summed E-state index contributed by atoms with van der Waals surface area (Å²) in [5.41, 5.74) is 4.17. The van der Waals surface area contributed by atoms with Gasteiger partial charge < -0.3 is 5.32 Å². The highest BCUT2D eigenvalue weighted by Gasteiger charge is 1.98. The standard InChI is InChI=1S/C14H20ClNS/c1-11(2)16-9-13-4-6-14(7-5-13)17-10-12(3)8-15/h4-8,11,16H,9-10H2,1-3H3/b12-8+. The van der Waals surface area contributed by atoms with Gasteiger partial charge in [-0.15, -0.1) is 11.8 Å². The maximum Gasteiger partial charge on any atom is 0.0207 e. The van der Waals surface area contributed by atoms with Gasteiger partial charge in [0.1, 0.15) is 0 Å². The number of thioether (sulfide) groups is 1. The molecule has 0 aliphatic carbocycles. The van der Waals surface area contributed by atoms with Crippen molar-refractivity contribution in [3.05, 3.63) is 40.9 Å². The Bertz CT molecular complexity index is 357. The molecule has 0 saturated carbocycles. The molecule has 1 aromatic rings. The molecule has 17 heavy (non-hydrogen) atoms. The lowest BCUT2D eigenvalue weighted by Crippen LogP contribution is -2.21. The third kappa shape index (κ3) is 6.16. The number of rotatable bonds is 6. The molecule has 0 amide bonds. The largest absolute Gasteiger partial charge is 0.310 e. The molecule has 0 radical (unpaired) electrons. The van der Waals surface area contributed by atoms with Crippen LogP contribution in [0.2, 0.25) is 0 Å². The molecular formula is C14H20ClNS. The number of hydrogen-bond donors (Lipinski definition) is 1. The van der Waals surface area contributed by atoms with Crippen LogP contribution in [0.25, 0.3) is 0 Å². The van der Waals surface area contributed by atoms with Crippen molar-refractivity contribution in [1.29, 1.82) is 0 Å². The molecule has 1 aromatic carbocycles. The number of benzene rings is 1. The van der Waals surface area contributed by atoms with Crippen molar-refractivity contribution >= 4 is 23.4 Å². The monoisotopic (exact) mass is 269 g/mol. The second-order valence-corrected chi connectivity index (χ2v) is 5.69. The summed E-state index contributed by atoms with van der Waals surface area (Å²) in [4.78, 5) is 1.29. The molecule has 0 fully saturated rings. The minimum Gasteiger partial charge on any atom is -0.310 e. The highest BCUT2D eigenvalue weighted by atomic mass is 35.5. The van der Waals surface area contributed by atoms with Crippen molar-refractivity contribution in [1.82, 2.24) is 5.32 Å². The van der Waals surface area contributed by atoms with Gasteiger partial charge >= 0.3 is 0 Å². The Morgan fingerprint density at radius 1 is 1.35 bits per heavy atom. The van der Waals surface area contributed by atoms with Crippen LogP contribution >= 0.6 is 23.4 Å². The lowest BCUT2D eigenvalue weighted by Gasteiger charge is -2.08. The smallest absolute Gasteiger partial charge is 0.0207 e. The molecule has 0 aromatic heterocycles. The molecule has 1 N–H and O–H groups in total. The third-order valence-corrected chi connectivity index (χ3v) is 3.87. The summed E-state index contributed by atoms with van der Waals surface area (Å²) in [5.74, 6) is 0.951. The van der Waals surface area contributed by atoms with Gasteiger partial charge in [0, 0.05) is 28.8 Å². The van der Waals surface area contributed by atoms with Gasteiger partial charge in [0.05, 0.1) is 0 Å². The molecule has 3 heteroatoms. The number of hydrogen-bond acceptors (Lipinski definition) is 2. The lowest BCUT2D eigenvalue weighted by molar-refractivity contribution is 0.588. The van der Waals surface area contributed by atoms with Crippen LogP contribution in [0.5, 0.6) is 0 Å². The summed E-state index contributed by atoms with van der Waals surface area (Å²) in [6.45, 7) is 7.29. The fourth-order valence-corrected chi connectivity index (χ4v) is 2.23. The van der Waals surface area contributed by atoms with Gasteiger partial charge in [-0.2, -0.15) is 0 Å². The van der Waals surface area contributed by atoms with Gasteiger partial charge in [-0.25, -0.2) is 0 Å². The van der Waals surface area contributed by atoms with Crippen molar-refractivity contribution in [2.45, 2.75) is 38.3 Å². The fourth-order valence-electron chi connectivity index (χ4n) is 1.25. The summed E-state index contributed by atoms with van der Waals surface area (Å²) in [7, 11) is 0. The van der Waals surface area contributed by atoms with E-state index in [1.807, 2.05) is 18.7 Å². The first kappa shape index (κ1) is 14.6. The summed E-state index contributed by atoms with van der Waals surface area (Å²) >= 11 is 7.44. The van der Waals surface area contributed by atoms with Crippen molar-refractivity contribution in [2.75, 3.05) is 5.75 Å². The SMILES string of the molecule is C/C(=C\Cl)CSc1ccc(CNC(C)C)cc1. The van der Waals surface area contributed by atoms with Crippen molar-refractivity contribution < 1.29 is 0 Å². The van der Waals surface area contributed by atoms with Crippen LogP contribution in [0.15, 0.2) is 40.3 Å². The zero-order valence-corrected chi connectivity index (χ0v) is 12.2. The molecule has 0 aliphatic heterocycles. The van der Waals surface area contributed by atoms with E-state index in [-0.39, 0.29) is 0 Å². The molecular weight excluding hydrogens is 250 g/mol. The van der Waals surface area contributed by atoms with E-state index >= 15 is 0 Å². The Hall–Kier alpha value is -0.440. The van der Waals surface area contributed by atoms with E-state index in [1.165, 1.54) is 16.0 Å². The molecule has 0 saturated heterocycles. The zero-order chi connectivity index (χ0) is 12.7. The van der Waals surface area contributed by atoms with Crippen molar-refractivity contribution in [2.24, 2.45) is 0 Å². The van der Waals surface area contributed by atoms with Crippen molar-refractivity contribution in [3.63, 3.8) is 0 Å². The molecule has 0 aliphatic rings. The van der Waals surface area contributed by atoms with Gasteiger partial charge in [0.2, 0.25) is 0 Å². The molecule has 0 unspecified atom stereocenters. The van der Waals surface area contributed by atoms with E-state index in [4.69, 9.17) is 11.6 Å². The Morgan fingerprint density at radius 3 is 2.53 bits per heavy atom. The minimum absolute atomic E-state index is 0.528. The Balaban J connectivity index is 2.44. The Labute approximate surface area is 114 Å². The molecule has 1 nitrogen and oxygen atoms in total. The van der Waals surface area contributed by atoms with Crippen molar-refractivity contribution in [3.8, 4) is 0 Å². The topological polar surface area (TPSA) is 12.0 Å². The minimum atomic E-state index is 0.528. The average Bonchev–Trinajstić information content (AvgIpc) is 2.34. The molecule has 0 bridgehead atoms. The summed E-state index contributed by atoms with van der Waals surface area (Å²) < 4.78 is 0.